The van der Waals surface area contributed by atoms with Crippen LogP contribution in [-0.4, -0.2) is 16.9 Å². The molecule has 0 bridgehead atoms. The van der Waals surface area contributed by atoms with Gasteiger partial charge >= 0.3 is 6.18 Å². The Hall–Kier alpha value is -1.73. The number of thiophene rings is 1. The molecule has 32 heavy (non-hydrogen) atoms. The molecule has 7 heteroatoms. The Morgan fingerprint density at radius 3 is 2.25 bits per heavy atom. The number of pyridine rings is 1. The van der Waals surface area contributed by atoms with Gasteiger partial charge in [0.25, 0.3) is 0 Å². The first-order valence-electron chi connectivity index (χ1n) is 11.7. The van der Waals surface area contributed by atoms with Gasteiger partial charge in [-0.2, -0.15) is 13.2 Å². The summed E-state index contributed by atoms with van der Waals surface area (Å²) in [6.07, 6.45) is 8.37. The topological polar surface area (TPSA) is 62.8 Å². The molecule has 2 aromatic rings. The number of rotatable bonds is 14. The van der Waals surface area contributed by atoms with Gasteiger partial charge in [-0.1, -0.05) is 58.4 Å². The van der Waals surface area contributed by atoms with Gasteiger partial charge in [-0.25, -0.2) is 0 Å². The summed E-state index contributed by atoms with van der Waals surface area (Å²) >= 11 is 1.81. The van der Waals surface area contributed by atoms with Crippen LogP contribution in [0.15, 0.2) is 24.4 Å². The fourth-order valence-electron chi connectivity index (χ4n) is 3.71. The fourth-order valence-corrected chi connectivity index (χ4v) is 4.95. The molecule has 3 nitrogen and oxygen atoms in total. The predicted octanol–water partition coefficient (Wildman–Crippen LogP) is 8.03. The molecule has 2 aromatic heterocycles. The normalized spacial score (nSPS) is 12.8. The third-order valence-electron chi connectivity index (χ3n) is 5.63. The van der Waals surface area contributed by atoms with Crippen LogP contribution < -0.4 is 5.73 Å². The van der Waals surface area contributed by atoms with Crippen molar-refractivity contribution in [3.8, 4) is 10.4 Å². The van der Waals surface area contributed by atoms with Crippen molar-refractivity contribution in [2.45, 2.75) is 96.7 Å². The molecule has 2 heterocycles. The second-order valence-electron chi connectivity index (χ2n) is 8.45. The lowest BCUT2D eigenvalue weighted by Gasteiger charge is -2.14. The number of hydrogen-bond acceptors (Lipinski definition) is 4. The molecule has 0 aliphatic carbocycles. The molecule has 0 radical (unpaired) electrons. The molecular formula is C25H36F3N3S. The highest BCUT2D eigenvalue weighted by Crippen LogP contribution is 2.35. The van der Waals surface area contributed by atoms with Gasteiger partial charge in [0, 0.05) is 27.9 Å². The van der Waals surface area contributed by atoms with E-state index >= 15 is 0 Å². The van der Waals surface area contributed by atoms with Gasteiger partial charge in [0.05, 0.1) is 11.7 Å². The van der Waals surface area contributed by atoms with Crippen molar-refractivity contribution in [3.05, 3.63) is 40.5 Å². The summed E-state index contributed by atoms with van der Waals surface area (Å²) in [6.45, 7) is 4.42. The maximum Gasteiger partial charge on any atom is 0.428 e. The Labute approximate surface area is 194 Å². The van der Waals surface area contributed by atoms with E-state index in [1.165, 1.54) is 60.3 Å². The molecular weight excluding hydrogens is 431 g/mol. The zero-order chi connectivity index (χ0) is 23.6. The van der Waals surface area contributed by atoms with Crippen LogP contribution >= 0.6 is 11.3 Å². The minimum absolute atomic E-state index is 0.378. The number of alkyl halides is 3. The summed E-state index contributed by atoms with van der Waals surface area (Å²) in [5, 5.41) is 7.17. The SMILES string of the molecule is CCCCCCc1cc(CCCCCC)c(-c2ccc(C(N)CC(=N)C(F)(F)F)nc2)s1. The van der Waals surface area contributed by atoms with Crippen LogP contribution in [0.4, 0.5) is 13.2 Å². The monoisotopic (exact) mass is 467 g/mol. The summed E-state index contributed by atoms with van der Waals surface area (Å²) in [5.74, 6) is 0. The molecule has 0 aromatic carbocycles. The molecule has 0 spiro atoms. The van der Waals surface area contributed by atoms with Crippen LogP contribution in [0.2, 0.25) is 0 Å². The average molecular weight is 468 g/mol. The molecule has 3 N–H and O–H groups in total. The van der Waals surface area contributed by atoms with Gasteiger partial charge in [-0.05, 0) is 43.4 Å². The minimum Gasteiger partial charge on any atom is -0.322 e. The maximum absolute atomic E-state index is 12.6. The van der Waals surface area contributed by atoms with E-state index < -0.39 is 24.4 Å². The lowest BCUT2D eigenvalue weighted by molar-refractivity contribution is -0.0615. The smallest absolute Gasteiger partial charge is 0.322 e. The van der Waals surface area contributed by atoms with Crippen LogP contribution in [0.25, 0.3) is 10.4 Å². The van der Waals surface area contributed by atoms with Crippen LogP contribution in [-0.2, 0) is 12.8 Å². The Morgan fingerprint density at radius 1 is 1.03 bits per heavy atom. The first-order valence-corrected chi connectivity index (χ1v) is 12.6. The maximum atomic E-state index is 12.6. The molecule has 1 unspecified atom stereocenters. The number of halogens is 3. The Kier molecular flexibility index (Phi) is 10.9. The molecule has 178 valence electrons. The summed E-state index contributed by atoms with van der Waals surface area (Å²) in [7, 11) is 0. The third-order valence-corrected chi connectivity index (χ3v) is 6.92. The van der Waals surface area contributed by atoms with Crippen molar-refractivity contribution in [2.24, 2.45) is 5.73 Å². The third kappa shape index (κ3) is 8.32. The van der Waals surface area contributed by atoms with Gasteiger partial charge in [0.2, 0.25) is 0 Å². The summed E-state index contributed by atoms with van der Waals surface area (Å²) in [4.78, 5) is 6.95. The Bertz CT molecular complexity index is 828. The standard InChI is InChI=1S/C25H36F3N3S/c1-3-5-7-9-11-18-15-20(12-10-8-6-4-2)32-24(18)19-13-14-22(31-17-19)21(29)16-23(30)25(26,27)28/h13-15,17,21,30H,3-12,16,29H2,1-2H3. The number of nitrogens with zero attached hydrogens (tertiary/aromatic N) is 1. The van der Waals surface area contributed by atoms with Crippen LogP contribution in [0.5, 0.6) is 0 Å². The molecule has 0 amide bonds. The second kappa shape index (κ2) is 13.1. The summed E-state index contributed by atoms with van der Waals surface area (Å²) < 4.78 is 37.9. The fraction of sp³-hybridized carbons (Fsp3) is 0.600. The Morgan fingerprint density at radius 2 is 1.69 bits per heavy atom. The molecule has 2 rings (SSSR count). The van der Waals surface area contributed by atoms with E-state index in [0.717, 1.165) is 24.8 Å². The second-order valence-corrected chi connectivity index (χ2v) is 9.58. The lowest BCUT2D eigenvalue weighted by atomic mass is 10.0. The summed E-state index contributed by atoms with van der Waals surface area (Å²) in [6, 6.07) is 5.00. The van der Waals surface area contributed by atoms with Gasteiger partial charge in [-0.3, -0.25) is 4.98 Å². The van der Waals surface area contributed by atoms with Gasteiger partial charge in [0.1, 0.15) is 5.71 Å². The van der Waals surface area contributed by atoms with Crippen molar-refractivity contribution in [2.75, 3.05) is 0 Å². The zero-order valence-electron chi connectivity index (χ0n) is 19.2. The van der Waals surface area contributed by atoms with E-state index in [9.17, 15) is 13.2 Å². The van der Waals surface area contributed by atoms with Gasteiger partial charge in [0.15, 0.2) is 0 Å². The highest BCUT2D eigenvalue weighted by atomic mass is 32.1. The van der Waals surface area contributed by atoms with Crippen molar-refractivity contribution in [1.82, 2.24) is 4.98 Å². The van der Waals surface area contributed by atoms with Crippen molar-refractivity contribution < 1.29 is 13.2 Å². The average Bonchev–Trinajstić information content (AvgIpc) is 3.16. The molecule has 0 aliphatic rings. The molecule has 0 saturated heterocycles. The summed E-state index contributed by atoms with van der Waals surface area (Å²) in [5.41, 5.74) is 7.27. The van der Waals surface area contributed by atoms with Crippen LogP contribution in [0, 0.1) is 5.41 Å². The predicted molar refractivity (Wildman–Crippen MR) is 129 cm³/mol. The van der Waals surface area contributed by atoms with Crippen molar-refractivity contribution in [1.29, 1.82) is 5.41 Å². The number of nitrogens with two attached hydrogens (primary N) is 1. The van der Waals surface area contributed by atoms with Crippen molar-refractivity contribution >= 4 is 17.0 Å². The minimum atomic E-state index is -4.64. The van der Waals surface area contributed by atoms with E-state index in [1.807, 2.05) is 17.4 Å². The highest BCUT2D eigenvalue weighted by Gasteiger charge is 2.35. The van der Waals surface area contributed by atoms with Gasteiger partial charge < -0.3 is 11.1 Å². The van der Waals surface area contributed by atoms with Gasteiger partial charge in [-0.15, -0.1) is 11.3 Å². The van der Waals surface area contributed by atoms with E-state index in [4.69, 9.17) is 11.1 Å². The molecule has 1 atom stereocenters. The Balaban J connectivity index is 2.14. The number of unbranched alkanes of at least 4 members (excludes halogenated alkanes) is 6. The highest BCUT2D eigenvalue weighted by molar-refractivity contribution is 7.15. The lowest BCUT2D eigenvalue weighted by Crippen LogP contribution is -2.27. The van der Waals surface area contributed by atoms with E-state index in [0.29, 0.717) is 5.69 Å². The molecule has 0 fully saturated rings. The number of aromatic nitrogens is 1. The van der Waals surface area contributed by atoms with E-state index in [2.05, 4.69) is 24.9 Å². The number of hydrogen-bond donors (Lipinski definition) is 2. The first-order chi connectivity index (χ1) is 15.3. The van der Waals surface area contributed by atoms with Crippen LogP contribution in [0.1, 0.15) is 93.8 Å². The first kappa shape index (κ1) is 26.5. The quantitative estimate of drug-likeness (QED) is 0.218. The largest absolute Gasteiger partial charge is 0.428 e. The van der Waals surface area contributed by atoms with Crippen LogP contribution in [0.3, 0.4) is 0 Å². The van der Waals surface area contributed by atoms with E-state index in [-0.39, 0.29) is 0 Å². The number of nitrogens with one attached hydrogen (secondary N) is 1. The molecule has 0 saturated carbocycles. The number of aryl methyl sites for hydroxylation is 2. The van der Waals surface area contributed by atoms with E-state index in [1.54, 1.807) is 12.3 Å². The zero-order valence-corrected chi connectivity index (χ0v) is 20.0. The van der Waals surface area contributed by atoms with Crippen molar-refractivity contribution in [3.63, 3.8) is 0 Å². The molecule has 0 aliphatic heterocycles.